The first-order valence-electron chi connectivity index (χ1n) is 12.7. The predicted octanol–water partition coefficient (Wildman–Crippen LogP) is 2.83. The van der Waals surface area contributed by atoms with Crippen molar-refractivity contribution in [2.24, 2.45) is 0 Å². The van der Waals surface area contributed by atoms with Crippen LogP contribution in [-0.2, 0) is 12.8 Å². The number of nitrogens with one attached hydrogen (secondary N) is 1. The van der Waals surface area contributed by atoms with Crippen molar-refractivity contribution >= 4 is 64.0 Å². The van der Waals surface area contributed by atoms with Gasteiger partial charge in [0, 0.05) is 0 Å². The van der Waals surface area contributed by atoms with Gasteiger partial charge in [0.05, 0.1) is 0 Å². The van der Waals surface area contributed by atoms with E-state index in [2.05, 4.69) is 99.1 Å². The minimum absolute atomic E-state index is 0.791. The molecule has 0 fully saturated rings. The summed E-state index contributed by atoms with van der Waals surface area (Å²) in [5.74, 6) is 0. The Bertz CT molecular complexity index is 1920. The maximum absolute atomic E-state index is 4.68. The second-order valence-electron chi connectivity index (χ2n) is 10.3. The van der Waals surface area contributed by atoms with Crippen molar-refractivity contribution in [3.05, 3.63) is 106 Å². The molecule has 0 bridgehead atoms. The Balaban J connectivity index is 1.30. The molecule has 0 unspecified atom stereocenters. The van der Waals surface area contributed by atoms with Crippen LogP contribution in [0.3, 0.4) is 0 Å². The van der Waals surface area contributed by atoms with Crippen LogP contribution in [0.25, 0.3) is 38.9 Å². The summed E-state index contributed by atoms with van der Waals surface area (Å²) in [4.78, 5) is 2.54. The quantitative estimate of drug-likeness (QED) is 0.320. The summed E-state index contributed by atoms with van der Waals surface area (Å²) in [5.41, 5.74) is 15.5. The average molecular weight is 581 g/mol. The number of allylic oxidation sites excluding steroid dienone is 4. The molecule has 0 radical (unpaired) electrons. The Morgan fingerprint density at radius 1 is 0.778 bits per heavy atom. The molecule has 0 amide bonds. The maximum atomic E-state index is 4.68. The molecule has 2 aliphatic heterocycles. The second kappa shape index (κ2) is 7.14. The van der Waals surface area contributed by atoms with Crippen molar-refractivity contribution < 1.29 is 0 Å². The molecular weight excluding hydrogens is 560 g/mol. The van der Waals surface area contributed by atoms with Gasteiger partial charge in [0.1, 0.15) is 0 Å². The summed E-state index contributed by atoms with van der Waals surface area (Å²) in [6.45, 7) is 0. The molecule has 3 heterocycles. The van der Waals surface area contributed by atoms with E-state index in [0.29, 0.717) is 0 Å². The van der Waals surface area contributed by atoms with E-state index in [4.69, 9.17) is 0 Å². The van der Waals surface area contributed by atoms with E-state index in [-0.39, 0.29) is 0 Å². The zero-order chi connectivity index (χ0) is 23.4. The van der Waals surface area contributed by atoms with Gasteiger partial charge in [-0.2, -0.15) is 0 Å². The monoisotopic (exact) mass is 583 g/mol. The van der Waals surface area contributed by atoms with Gasteiger partial charge in [-0.3, -0.25) is 0 Å². The van der Waals surface area contributed by atoms with Crippen LogP contribution in [0, 0.1) is 0 Å². The van der Waals surface area contributed by atoms with Crippen molar-refractivity contribution in [2.45, 2.75) is 12.8 Å². The van der Waals surface area contributed by atoms with Gasteiger partial charge in [0.2, 0.25) is 0 Å². The number of hydrogen-bond donors (Lipinski definition) is 1. The van der Waals surface area contributed by atoms with E-state index in [0.717, 1.165) is 23.9 Å². The van der Waals surface area contributed by atoms with E-state index < -0.39 is 29.3 Å². The van der Waals surface area contributed by atoms with Crippen LogP contribution in [0.2, 0.25) is 0 Å². The summed E-state index contributed by atoms with van der Waals surface area (Å²) >= 11 is -2.78. The molecule has 1 N–H and O–H groups in total. The number of H-pyrrole nitrogens is 1. The first-order chi connectivity index (χ1) is 17.8. The number of aromatic nitrogens is 3. The van der Waals surface area contributed by atoms with Crippen LogP contribution in [0.4, 0.5) is 0 Å². The fraction of sp³-hybridized carbons (Fsp3) is 0.0645. The predicted molar refractivity (Wildman–Crippen MR) is 153 cm³/mol. The normalized spacial score (nSPS) is 16.6. The molecule has 5 heteroatoms. The van der Waals surface area contributed by atoms with Gasteiger partial charge in [-0.1, -0.05) is 0 Å². The van der Waals surface area contributed by atoms with Gasteiger partial charge < -0.3 is 0 Å². The first-order valence-corrected chi connectivity index (χ1v) is 18.9. The summed E-state index contributed by atoms with van der Waals surface area (Å²) < 4.78 is 6.63. The van der Waals surface area contributed by atoms with Crippen LogP contribution in [0.15, 0.2) is 83.3 Å². The molecule has 0 saturated heterocycles. The molecule has 168 valence electrons. The molecule has 4 aromatic carbocycles. The molecule has 1 aromatic heterocycles. The number of rotatable bonds is 2. The second-order valence-corrected chi connectivity index (χ2v) is 18.7. The first kappa shape index (κ1) is 19.9. The van der Waals surface area contributed by atoms with Gasteiger partial charge in [-0.05, 0) is 0 Å². The number of hydrogen-bond acceptors (Lipinski definition) is 2. The van der Waals surface area contributed by atoms with Crippen LogP contribution in [-0.4, -0.2) is 49.6 Å². The van der Waals surface area contributed by atoms with Gasteiger partial charge in [0.25, 0.3) is 0 Å². The van der Waals surface area contributed by atoms with E-state index in [1.165, 1.54) is 48.9 Å². The molecule has 2 aliphatic carbocycles. The van der Waals surface area contributed by atoms with Gasteiger partial charge >= 0.3 is 220 Å². The number of nitrogens with zero attached hydrogens (tertiary/aromatic N) is 2. The van der Waals surface area contributed by atoms with Crippen LogP contribution >= 0.6 is 0 Å². The topological polar surface area (TPSA) is 41.6 Å². The Kier molecular flexibility index (Phi) is 3.94. The van der Waals surface area contributed by atoms with E-state index in [1.54, 1.807) is 18.8 Å². The summed E-state index contributed by atoms with van der Waals surface area (Å²) in [7, 11) is 0. The van der Waals surface area contributed by atoms with Crippen molar-refractivity contribution in [1.82, 2.24) is 15.4 Å². The Morgan fingerprint density at radius 3 is 2.53 bits per heavy atom. The van der Waals surface area contributed by atoms with Crippen LogP contribution < -0.4 is 13.2 Å². The molecule has 9 rings (SSSR count). The SMILES string of the molecule is C1=CC2=[C](Cc3ccccc32)[Ge]([c]2c(-c3cc4c([c]5[c]3[GeH2]5)Cc3ccccc3-4)ccc3[nH]nnc23)=[CH]1. The number of aromatic amines is 1. The van der Waals surface area contributed by atoms with E-state index in [9.17, 15) is 0 Å². The van der Waals surface area contributed by atoms with Crippen molar-refractivity contribution in [2.75, 3.05) is 0 Å². The molecule has 0 atom stereocenters. The molecule has 4 aliphatic rings. The minimum atomic E-state index is -1.99. The van der Waals surface area contributed by atoms with Crippen molar-refractivity contribution in [1.29, 1.82) is 0 Å². The average Bonchev–Trinajstić information content (AvgIpc) is 3.25. The fourth-order valence-electron chi connectivity index (χ4n) is 6.77. The van der Waals surface area contributed by atoms with Gasteiger partial charge in [-0.15, -0.1) is 0 Å². The van der Waals surface area contributed by atoms with Gasteiger partial charge in [0.15, 0.2) is 0 Å². The molecule has 36 heavy (non-hydrogen) atoms. The summed E-state index contributed by atoms with van der Waals surface area (Å²) in [6, 6.07) is 25.1. The number of fused-ring (bicyclic) bond motifs is 8. The third-order valence-electron chi connectivity index (χ3n) is 8.48. The molecular formula is C31H21Ge2N3. The zero-order valence-corrected chi connectivity index (χ0v) is 24.7. The Labute approximate surface area is 219 Å². The fourth-order valence-corrected chi connectivity index (χ4v) is 16.2. The molecule has 0 spiro atoms. The zero-order valence-electron chi connectivity index (χ0n) is 19.6. The van der Waals surface area contributed by atoms with Crippen molar-refractivity contribution in [3.8, 4) is 22.3 Å². The molecule has 5 aromatic rings. The standard InChI is InChI=1S/C31H21Ge2N3/c1-4-9-20-17(6-1)14-24-23(20)16-25(29-28(24)32-29)22-11-12-27-31(35-36-34-27)30(22)33-13-5-10-21-19-8-3-2-7-18(19)15-26(21)33/h1-13,16H,14-15,32H2,(H,34,35,36). The summed E-state index contributed by atoms with van der Waals surface area (Å²) in [5, 5.41) is 12.1. The Morgan fingerprint density at radius 2 is 1.61 bits per heavy atom. The third kappa shape index (κ3) is 2.62. The van der Waals surface area contributed by atoms with E-state index >= 15 is 0 Å². The van der Waals surface area contributed by atoms with E-state index in [1.807, 2.05) is 0 Å². The third-order valence-corrected chi connectivity index (χ3v) is 18.0. The molecule has 3 nitrogen and oxygen atoms in total. The van der Waals surface area contributed by atoms with Crippen LogP contribution in [0.1, 0.15) is 22.3 Å². The summed E-state index contributed by atoms with van der Waals surface area (Å²) in [6.07, 6.45) is 6.86. The molecule has 0 saturated carbocycles. The van der Waals surface area contributed by atoms with Crippen molar-refractivity contribution in [3.63, 3.8) is 0 Å². The Hall–Kier alpha value is -3.28. The van der Waals surface area contributed by atoms with Crippen LogP contribution in [0.5, 0.6) is 0 Å². The number of benzene rings is 4. The van der Waals surface area contributed by atoms with Gasteiger partial charge in [-0.25, -0.2) is 0 Å².